The lowest BCUT2D eigenvalue weighted by Crippen LogP contribution is -2.42. The third-order valence-corrected chi connectivity index (χ3v) is 5.72. The standard InChI is InChI=1S/C21H21Cl2NO4/c22-16-7-4-14(12-17(16)23)13-5-8-18-15(11-13)6-9-19(27-18)21(25)24-28-20-3-1-2-10-26-20/h4-5,7-8,11-12,19-20H,1-3,6,9-10H2,(H,24,25). The number of halogens is 2. The lowest BCUT2D eigenvalue weighted by Gasteiger charge is -2.27. The van der Waals surface area contributed by atoms with Crippen molar-refractivity contribution in [2.45, 2.75) is 44.5 Å². The average molecular weight is 422 g/mol. The van der Waals surface area contributed by atoms with Crippen molar-refractivity contribution < 1.29 is 19.1 Å². The molecule has 0 aliphatic carbocycles. The van der Waals surface area contributed by atoms with E-state index in [-0.39, 0.29) is 12.2 Å². The summed E-state index contributed by atoms with van der Waals surface area (Å²) in [6.07, 6.45) is 3.22. The van der Waals surface area contributed by atoms with E-state index in [1.54, 1.807) is 6.07 Å². The smallest absolute Gasteiger partial charge is 0.284 e. The quantitative estimate of drug-likeness (QED) is 0.711. The number of ether oxygens (including phenoxy) is 2. The van der Waals surface area contributed by atoms with Gasteiger partial charge in [0, 0.05) is 13.0 Å². The molecule has 148 valence electrons. The van der Waals surface area contributed by atoms with Crippen molar-refractivity contribution >= 4 is 29.1 Å². The first-order valence-corrected chi connectivity index (χ1v) is 10.2. The fourth-order valence-electron chi connectivity index (χ4n) is 3.42. The molecule has 2 aliphatic heterocycles. The highest BCUT2D eigenvalue weighted by atomic mass is 35.5. The highest BCUT2D eigenvalue weighted by Crippen LogP contribution is 2.34. The van der Waals surface area contributed by atoms with Gasteiger partial charge in [0.1, 0.15) is 5.75 Å². The molecule has 28 heavy (non-hydrogen) atoms. The Hall–Kier alpha value is -1.79. The summed E-state index contributed by atoms with van der Waals surface area (Å²) in [4.78, 5) is 17.7. The van der Waals surface area contributed by atoms with Crippen LogP contribution in [0.3, 0.4) is 0 Å². The van der Waals surface area contributed by atoms with Gasteiger partial charge in [-0.3, -0.25) is 4.79 Å². The normalized spacial score (nSPS) is 21.5. The summed E-state index contributed by atoms with van der Waals surface area (Å²) >= 11 is 12.1. The van der Waals surface area contributed by atoms with Gasteiger partial charge in [-0.1, -0.05) is 35.3 Å². The van der Waals surface area contributed by atoms with Gasteiger partial charge in [-0.2, -0.15) is 0 Å². The van der Waals surface area contributed by atoms with Gasteiger partial charge in [0.15, 0.2) is 12.4 Å². The van der Waals surface area contributed by atoms with Crippen molar-refractivity contribution in [3.05, 3.63) is 52.0 Å². The van der Waals surface area contributed by atoms with E-state index in [1.165, 1.54) is 0 Å². The van der Waals surface area contributed by atoms with Crippen LogP contribution in [0.15, 0.2) is 36.4 Å². The molecule has 0 saturated carbocycles. The van der Waals surface area contributed by atoms with Gasteiger partial charge in [0.05, 0.1) is 10.0 Å². The van der Waals surface area contributed by atoms with Crippen molar-refractivity contribution in [1.82, 2.24) is 5.48 Å². The van der Waals surface area contributed by atoms with Crippen molar-refractivity contribution in [2.24, 2.45) is 0 Å². The molecule has 2 atom stereocenters. The molecule has 1 amide bonds. The van der Waals surface area contributed by atoms with Gasteiger partial charge in [-0.05, 0) is 66.6 Å². The zero-order valence-corrected chi connectivity index (χ0v) is 16.8. The summed E-state index contributed by atoms with van der Waals surface area (Å²) < 4.78 is 11.3. The Kier molecular flexibility index (Phi) is 6.07. The molecule has 0 aromatic heterocycles. The molecule has 2 aromatic rings. The third-order valence-electron chi connectivity index (χ3n) is 4.98. The van der Waals surface area contributed by atoms with Crippen LogP contribution in [0.5, 0.6) is 5.75 Å². The minimum atomic E-state index is -0.577. The number of nitrogens with one attached hydrogen (secondary N) is 1. The number of aryl methyl sites for hydroxylation is 1. The zero-order valence-electron chi connectivity index (χ0n) is 15.3. The summed E-state index contributed by atoms with van der Waals surface area (Å²) in [5.74, 6) is 0.428. The SMILES string of the molecule is O=C(NOC1CCCCO1)C1CCc2cc(-c3ccc(Cl)c(Cl)c3)ccc2O1. The molecule has 2 aromatic carbocycles. The molecule has 1 saturated heterocycles. The Balaban J connectivity index is 1.40. The van der Waals surface area contributed by atoms with Crippen molar-refractivity contribution in [3.8, 4) is 16.9 Å². The van der Waals surface area contributed by atoms with Crippen LogP contribution in [0.4, 0.5) is 0 Å². The first-order valence-electron chi connectivity index (χ1n) is 9.42. The summed E-state index contributed by atoms with van der Waals surface area (Å²) in [6.45, 7) is 0.662. The Morgan fingerprint density at radius 1 is 1.04 bits per heavy atom. The van der Waals surface area contributed by atoms with Crippen LogP contribution in [0.25, 0.3) is 11.1 Å². The molecule has 0 radical (unpaired) electrons. The van der Waals surface area contributed by atoms with Gasteiger partial charge in [0.25, 0.3) is 5.91 Å². The molecule has 0 bridgehead atoms. The lowest BCUT2D eigenvalue weighted by atomic mass is 9.97. The van der Waals surface area contributed by atoms with E-state index < -0.39 is 6.10 Å². The topological polar surface area (TPSA) is 56.8 Å². The fraction of sp³-hybridized carbons (Fsp3) is 0.381. The number of amides is 1. The molecular formula is C21H21Cl2NO4. The maximum Gasteiger partial charge on any atom is 0.284 e. The van der Waals surface area contributed by atoms with Crippen LogP contribution >= 0.6 is 23.2 Å². The zero-order chi connectivity index (χ0) is 19.5. The fourth-order valence-corrected chi connectivity index (χ4v) is 3.72. The predicted octanol–water partition coefficient (Wildman–Crippen LogP) is 4.93. The van der Waals surface area contributed by atoms with Crippen LogP contribution in [0.2, 0.25) is 10.0 Å². The molecule has 0 spiro atoms. The number of carbonyl (C=O) groups excluding carboxylic acids is 1. The maximum absolute atomic E-state index is 12.4. The van der Waals surface area contributed by atoms with Gasteiger partial charge in [0.2, 0.25) is 0 Å². The Morgan fingerprint density at radius 2 is 1.86 bits per heavy atom. The lowest BCUT2D eigenvalue weighted by molar-refractivity contribution is -0.203. The number of rotatable bonds is 4. The second-order valence-corrected chi connectivity index (χ2v) is 7.79. The molecule has 7 heteroatoms. The van der Waals surface area contributed by atoms with Crippen LogP contribution in [-0.4, -0.2) is 24.9 Å². The Labute approximate surface area is 173 Å². The minimum absolute atomic E-state index is 0.284. The first-order chi connectivity index (χ1) is 13.6. The van der Waals surface area contributed by atoms with E-state index in [4.69, 9.17) is 37.5 Å². The summed E-state index contributed by atoms with van der Waals surface area (Å²) in [7, 11) is 0. The molecule has 5 nitrogen and oxygen atoms in total. The Bertz CT molecular complexity index is 867. The number of fused-ring (bicyclic) bond motifs is 1. The molecule has 1 N–H and O–H groups in total. The highest BCUT2D eigenvalue weighted by Gasteiger charge is 2.27. The molecule has 1 fully saturated rings. The van der Waals surface area contributed by atoms with Crippen LogP contribution in [-0.2, 0) is 20.8 Å². The molecule has 4 rings (SSSR count). The van der Waals surface area contributed by atoms with E-state index in [0.29, 0.717) is 28.8 Å². The third kappa shape index (κ3) is 4.44. The van der Waals surface area contributed by atoms with Crippen LogP contribution < -0.4 is 10.2 Å². The van der Waals surface area contributed by atoms with Crippen LogP contribution in [0, 0.1) is 0 Å². The van der Waals surface area contributed by atoms with Gasteiger partial charge < -0.3 is 9.47 Å². The van der Waals surface area contributed by atoms with E-state index in [0.717, 1.165) is 42.4 Å². The number of hydroxylamine groups is 1. The molecule has 2 unspecified atom stereocenters. The van der Waals surface area contributed by atoms with Crippen molar-refractivity contribution in [2.75, 3.05) is 6.61 Å². The van der Waals surface area contributed by atoms with Crippen molar-refractivity contribution in [3.63, 3.8) is 0 Å². The van der Waals surface area contributed by atoms with E-state index in [2.05, 4.69) is 11.5 Å². The number of benzene rings is 2. The molecule has 2 aliphatic rings. The summed E-state index contributed by atoms with van der Waals surface area (Å²) in [5, 5.41) is 1.05. The van der Waals surface area contributed by atoms with Gasteiger partial charge in [-0.25, -0.2) is 10.3 Å². The average Bonchev–Trinajstić information content (AvgIpc) is 2.74. The van der Waals surface area contributed by atoms with Gasteiger partial charge >= 0.3 is 0 Å². The number of hydrogen-bond donors (Lipinski definition) is 1. The summed E-state index contributed by atoms with van der Waals surface area (Å²) in [6, 6.07) is 11.5. The number of hydrogen-bond acceptors (Lipinski definition) is 4. The number of carbonyl (C=O) groups is 1. The predicted molar refractivity (Wildman–Crippen MR) is 107 cm³/mol. The second-order valence-electron chi connectivity index (χ2n) is 6.98. The maximum atomic E-state index is 12.4. The summed E-state index contributed by atoms with van der Waals surface area (Å²) in [5.41, 5.74) is 5.56. The van der Waals surface area contributed by atoms with Gasteiger partial charge in [-0.15, -0.1) is 0 Å². The van der Waals surface area contributed by atoms with Crippen LogP contribution in [0.1, 0.15) is 31.2 Å². The Morgan fingerprint density at radius 3 is 2.64 bits per heavy atom. The molecule has 2 heterocycles. The monoisotopic (exact) mass is 421 g/mol. The largest absolute Gasteiger partial charge is 0.480 e. The highest BCUT2D eigenvalue weighted by molar-refractivity contribution is 6.42. The second kappa shape index (κ2) is 8.70. The van der Waals surface area contributed by atoms with E-state index in [1.807, 2.05) is 24.3 Å². The molecular weight excluding hydrogens is 401 g/mol. The van der Waals surface area contributed by atoms with Crippen molar-refractivity contribution in [1.29, 1.82) is 0 Å². The minimum Gasteiger partial charge on any atom is -0.480 e. The first kappa shape index (κ1) is 19.5. The van der Waals surface area contributed by atoms with E-state index >= 15 is 0 Å². The van der Waals surface area contributed by atoms with E-state index in [9.17, 15) is 4.79 Å².